The fourth-order valence-corrected chi connectivity index (χ4v) is 3.14. The van der Waals surface area contributed by atoms with Gasteiger partial charge in [-0.3, -0.25) is 9.48 Å². The van der Waals surface area contributed by atoms with Gasteiger partial charge in [0.25, 0.3) is 0 Å². The van der Waals surface area contributed by atoms with Crippen molar-refractivity contribution in [1.82, 2.24) is 15.1 Å². The molecule has 0 aliphatic rings. The Hall–Kier alpha value is -2.35. The first-order valence-electron chi connectivity index (χ1n) is 8.31. The average Bonchev–Trinajstić information content (AvgIpc) is 3.16. The number of benzene rings is 1. The van der Waals surface area contributed by atoms with Crippen LogP contribution in [0.4, 0.5) is 0 Å². The molecule has 0 bridgehead atoms. The highest BCUT2D eigenvalue weighted by atomic mass is 127. The molecule has 2 aromatic heterocycles. The lowest BCUT2D eigenvalue weighted by Crippen LogP contribution is -2.21. The minimum absolute atomic E-state index is 0.161. The Morgan fingerprint density at radius 3 is 2.69 bits per heavy atom. The smallest absolute Gasteiger partial charge is 0.244 e. The zero-order valence-electron chi connectivity index (χ0n) is 14.7. The normalized spacial score (nSPS) is 11.2. The number of hydrogen-bond acceptors (Lipinski definition) is 3. The molecule has 0 unspecified atom stereocenters. The number of nitrogens with zero attached hydrogens (tertiary/aromatic N) is 2. The molecule has 1 N–H and O–H groups in total. The van der Waals surface area contributed by atoms with Crippen molar-refractivity contribution in [2.75, 3.05) is 0 Å². The van der Waals surface area contributed by atoms with E-state index >= 15 is 0 Å². The van der Waals surface area contributed by atoms with Gasteiger partial charge >= 0.3 is 0 Å². The Labute approximate surface area is 166 Å². The molecule has 0 saturated heterocycles. The largest absolute Gasteiger partial charge is 0.451 e. The van der Waals surface area contributed by atoms with Gasteiger partial charge in [-0.05, 0) is 60.2 Å². The predicted octanol–water partition coefficient (Wildman–Crippen LogP) is 4.08. The van der Waals surface area contributed by atoms with Crippen LogP contribution in [-0.2, 0) is 17.9 Å². The molecule has 134 valence electrons. The average molecular weight is 461 g/mol. The maximum absolute atomic E-state index is 12.0. The molecule has 0 aliphatic carbocycles. The summed E-state index contributed by atoms with van der Waals surface area (Å²) in [7, 11) is 0. The van der Waals surface area contributed by atoms with E-state index < -0.39 is 0 Å². The van der Waals surface area contributed by atoms with E-state index in [0.717, 1.165) is 27.3 Å². The maximum atomic E-state index is 12.0. The molecule has 1 aromatic carbocycles. The number of nitrogens with one attached hydrogen (secondary N) is 1. The molecule has 0 fully saturated rings. The topological polar surface area (TPSA) is 60.1 Å². The molecular formula is C20H20IN3O2. The van der Waals surface area contributed by atoms with Crippen LogP contribution in [0, 0.1) is 17.6 Å². The maximum Gasteiger partial charge on any atom is 0.244 e. The highest BCUT2D eigenvalue weighted by Gasteiger charge is 2.12. The molecule has 0 saturated carbocycles. The quantitative estimate of drug-likeness (QED) is 0.445. The molecule has 2 heterocycles. The second kappa shape index (κ2) is 8.35. The van der Waals surface area contributed by atoms with Gasteiger partial charge in [-0.25, -0.2) is 0 Å². The third kappa shape index (κ3) is 4.63. The number of aromatic nitrogens is 2. The number of halogens is 1. The van der Waals surface area contributed by atoms with Crippen molar-refractivity contribution in [2.45, 2.75) is 26.9 Å². The molecule has 26 heavy (non-hydrogen) atoms. The number of carbonyl (C=O) groups is 1. The Morgan fingerprint density at radius 2 is 2.00 bits per heavy atom. The van der Waals surface area contributed by atoms with Gasteiger partial charge in [-0.1, -0.05) is 30.3 Å². The number of furan rings is 1. The highest BCUT2D eigenvalue weighted by molar-refractivity contribution is 14.1. The van der Waals surface area contributed by atoms with E-state index in [-0.39, 0.29) is 5.91 Å². The Kier molecular flexibility index (Phi) is 5.92. The van der Waals surface area contributed by atoms with Crippen molar-refractivity contribution in [3.63, 3.8) is 0 Å². The summed E-state index contributed by atoms with van der Waals surface area (Å²) in [5, 5.41) is 7.52. The molecule has 1 amide bonds. The molecule has 0 radical (unpaired) electrons. The summed E-state index contributed by atoms with van der Waals surface area (Å²) in [5.41, 5.74) is 4.25. The second-order valence-electron chi connectivity index (χ2n) is 5.99. The lowest BCUT2D eigenvalue weighted by molar-refractivity contribution is -0.116. The van der Waals surface area contributed by atoms with Crippen LogP contribution in [0.2, 0.25) is 0 Å². The van der Waals surface area contributed by atoms with Crippen molar-refractivity contribution < 1.29 is 9.21 Å². The lowest BCUT2D eigenvalue weighted by Gasteiger charge is -2.06. The van der Waals surface area contributed by atoms with Crippen molar-refractivity contribution in [2.24, 2.45) is 0 Å². The summed E-state index contributed by atoms with van der Waals surface area (Å²) in [5.74, 6) is 0.499. The van der Waals surface area contributed by atoms with Gasteiger partial charge in [0.1, 0.15) is 5.76 Å². The Bertz CT molecular complexity index is 926. The molecular weight excluding hydrogens is 441 g/mol. The summed E-state index contributed by atoms with van der Waals surface area (Å²) in [6.45, 7) is 5.17. The minimum Gasteiger partial charge on any atom is -0.451 e. The van der Waals surface area contributed by atoms with Crippen LogP contribution < -0.4 is 5.32 Å². The fourth-order valence-electron chi connectivity index (χ4n) is 2.71. The number of carbonyl (C=O) groups excluding carboxylic acids is 1. The van der Waals surface area contributed by atoms with Gasteiger partial charge in [0.05, 0.1) is 12.2 Å². The van der Waals surface area contributed by atoms with Crippen LogP contribution in [-0.4, -0.2) is 15.7 Å². The van der Waals surface area contributed by atoms with E-state index in [1.165, 1.54) is 11.6 Å². The standard InChI is InChI=1S/C20H20IN3O2/c1-14-18(12-22-20(25)11-9-17-8-10-19(21)26-17)15(2)24(23-14)13-16-6-4-3-5-7-16/h3-11H,12-13H2,1-2H3,(H,22,25)/b11-9+. The summed E-state index contributed by atoms with van der Waals surface area (Å²) < 4.78 is 8.17. The summed E-state index contributed by atoms with van der Waals surface area (Å²) in [6, 6.07) is 13.9. The van der Waals surface area contributed by atoms with Crippen molar-refractivity contribution in [1.29, 1.82) is 0 Å². The zero-order valence-corrected chi connectivity index (χ0v) is 16.9. The second-order valence-corrected chi connectivity index (χ2v) is 7.05. The van der Waals surface area contributed by atoms with E-state index in [4.69, 9.17) is 4.42 Å². The lowest BCUT2D eigenvalue weighted by atomic mass is 10.2. The van der Waals surface area contributed by atoms with Crippen molar-refractivity contribution >= 4 is 34.6 Å². The molecule has 0 spiro atoms. The third-order valence-corrected chi connectivity index (χ3v) is 4.72. The molecule has 3 aromatic rings. The summed E-state index contributed by atoms with van der Waals surface area (Å²) in [4.78, 5) is 12.0. The first kappa shape index (κ1) is 18.4. The van der Waals surface area contributed by atoms with Gasteiger partial charge < -0.3 is 9.73 Å². The van der Waals surface area contributed by atoms with Gasteiger partial charge in [-0.15, -0.1) is 0 Å². The molecule has 6 heteroatoms. The van der Waals surface area contributed by atoms with Crippen LogP contribution in [0.3, 0.4) is 0 Å². The Morgan fingerprint density at radius 1 is 1.23 bits per heavy atom. The first-order valence-corrected chi connectivity index (χ1v) is 9.39. The summed E-state index contributed by atoms with van der Waals surface area (Å²) in [6.07, 6.45) is 3.14. The Balaban J connectivity index is 1.62. The van der Waals surface area contributed by atoms with Gasteiger partial charge in [0, 0.05) is 23.9 Å². The molecule has 0 atom stereocenters. The molecule has 0 aliphatic heterocycles. The van der Waals surface area contributed by atoms with E-state index in [2.05, 4.69) is 45.1 Å². The fraction of sp³-hybridized carbons (Fsp3) is 0.200. The van der Waals surface area contributed by atoms with Gasteiger partial charge in [0.15, 0.2) is 3.77 Å². The van der Waals surface area contributed by atoms with Crippen molar-refractivity contribution in [3.05, 3.63) is 80.6 Å². The van der Waals surface area contributed by atoms with E-state index in [1.54, 1.807) is 6.08 Å². The monoisotopic (exact) mass is 461 g/mol. The number of amides is 1. The SMILES string of the molecule is Cc1nn(Cc2ccccc2)c(C)c1CNC(=O)/C=C/c1ccc(I)o1. The van der Waals surface area contributed by atoms with Crippen LogP contribution in [0.5, 0.6) is 0 Å². The molecule has 5 nitrogen and oxygen atoms in total. The van der Waals surface area contributed by atoms with Crippen LogP contribution in [0.25, 0.3) is 6.08 Å². The third-order valence-electron chi connectivity index (χ3n) is 4.14. The van der Waals surface area contributed by atoms with E-state index in [1.807, 2.05) is 48.9 Å². The van der Waals surface area contributed by atoms with Gasteiger partial charge in [0.2, 0.25) is 5.91 Å². The van der Waals surface area contributed by atoms with Crippen LogP contribution >= 0.6 is 22.6 Å². The number of aryl methyl sites for hydroxylation is 1. The molecule has 3 rings (SSSR count). The van der Waals surface area contributed by atoms with Crippen molar-refractivity contribution in [3.8, 4) is 0 Å². The minimum atomic E-state index is -0.161. The van der Waals surface area contributed by atoms with Gasteiger partial charge in [-0.2, -0.15) is 5.10 Å². The van der Waals surface area contributed by atoms with E-state index in [9.17, 15) is 4.79 Å². The van der Waals surface area contributed by atoms with E-state index in [0.29, 0.717) is 12.3 Å². The highest BCUT2D eigenvalue weighted by Crippen LogP contribution is 2.15. The number of rotatable bonds is 6. The number of hydrogen-bond donors (Lipinski definition) is 1. The zero-order chi connectivity index (χ0) is 18.5. The van der Waals surface area contributed by atoms with Crippen LogP contribution in [0.1, 0.15) is 28.3 Å². The predicted molar refractivity (Wildman–Crippen MR) is 110 cm³/mol. The van der Waals surface area contributed by atoms with Crippen LogP contribution in [0.15, 0.2) is 53.0 Å². The first-order chi connectivity index (χ1) is 12.5. The summed E-state index contributed by atoms with van der Waals surface area (Å²) >= 11 is 2.09.